The molecule has 4 rings (SSSR count). The van der Waals surface area contributed by atoms with Crippen molar-refractivity contribution in [1.29, 1.82) is 0 Å². The molecule has 0 radical (unpaired) electrons. The highest BCUT2D eigenvalue weighted by molar-refractivity contribution is 7.99. The van der Waals surface area contributed by atoms with Gasteiger partial charge in [-0.1, -0.05) is 41.6 Å². The molecule has 0 aliphatic carbocycles. The standard InChI is InChI=1S/C19H16ClN3O2S/c20-15-9-7-14(8-10-15)18-21-22-19(25-18)26-12-17(24)23-11-3-5-13-4-1-2-6-16(13)23/h1-2,4,6-10H,3,5,11-12H2. The van der Waals surface area contributed by atoms with E-state index in [1.807, 2.05) is 35.2 Å². The van der Waals surface area contributed by atoms with Crippen LogP contribution in [0.3, 0.4) is 0 Å². The van der Waals surface area contributed by atoms with Crippen molar-refractivity contribution in [2.75, 3.05) is 17.2 Å². The summed E-state index contributed by atoms with van der Waals surface area (Å²) in [5, 5.41) is 9.09. The number of nitrogens with zero attached hydrogens (tertiary/aromatic N) is 3. The largest absolute Gasteiger partial charge is 0.411 e. The Balaban J connectivity index is 1.42. The van der Waals surface area contributed by atoms with Crippen LogP contribution in [0.15, 0.2) is 58.2 Å². The van der Waals surface area contributed by atoms with Crippen molar-refractivity contribution in [1.82, 2.24) is 10.2 Å². The lowest BCUT2D eigenvalue weighted by Gasteiger charge is -2.29. The molecule has 7 heteroatoms. The molecule has 2 aromatic carbocycles. The van der Waals surface area contributed by atoms with Gasteiger partial charge in [-0.25, -0.2) is 0 Å². The molecule has 1 aliphatic rings. The third kappa shape index (κ3) is 3.61. The van der Waals surface area contributed by atoms with Crippen molar-refractivity contribution in [3.63, 3.8) is 0 Å². The average Bonchev–Trinajstić information content (AvgIpc) is 3.15. The summed E-state index contributed by atoms with van der Waals surface area (Å²) < 4.78 is 5.64. The highest BCUT2D eigenvalue weighted by atomic mass is 35.5. The second kappa shape index (κ2) is 7.51. The van der Waals surface area contributed by atoms with Gasteiger partial charge in [-0.05, 0) is 48.7 Å². The Morgan fingerprint density at radius 3 is 2.81 bits per heavy atom. The van der Waals surface area contributed by atoms with Gasteiger partial charge in [0.2, 0.25) is 11.8 Å². The quantitative estimate of drug-likeness (QED) is 0.620. The third-order valence-electron chi connectivity index (χ3n) is 4.23. The summed E-state index contributed by atoms with van der Waals surface area (Å²) in [6, 6.07) is 15.2. The van der Waals surface area contributed by atoms with Gasteiger partial charge in [0, 0.05) is 22.8 Å². The van der Waals surface area contributed by atoms with Crippen molar-refractivity contribution in [3.05, 3.63) is 59.1 Å². The number of hydrogen-bond donors (Lipinski definition) is 0. The Labute approximate surface area is 160 Å². The van der Waals surface area contributed by atoms with Crippen molar-refractivity contribution in [3.8, 4) is 11.5 Å². The molecule has 3 aromatic rings. The first-order chi connectivity index (χ1) is 12.7. The molecule has 5 nitrogen and oxygen atoms in total. The maximum absolute atomic E-state index is 12.6. The van der Waals surface area contributed by atoms with E-state index in [1.54, 1.807) is 12.1 Å². The van der Waals surface area contributed by atoms with Crippen molar-refractivity contribution in [2.24, 2.45) is 0 Å². The van der Waals surface area contributed by atoms with Crippen LogP contribution in [-0.2, 0) is 11.2 Å². The third-order valence-corrected chi connectivity index (χ3v) is 5.28. The van der Waals surface area contributed by atoms with Gasteiger partial charge in [0.1, 0.15) is 0 Å². The number of hydrogen-bond acceptors (Lipinski definition) is 5. The van der Waals surface area contributed by atoms with E-state index >= 15 is 0 Å². The molecule has 1 aliphatic heterocycles. The number of halogens is 1. The van der Waals surface area contributed by atoms with E-state index < -0.39 is 0 Å². The van der Waals surface area contributed by atoms with Gasteiger partial charge >= 0.3 is 0 Å². The van der Waals surface area contributed by atoms with Gasteiger partial charge in [-0.2, -0.15) is 0 Å². The van der Waals surface area contributed by atoms with E-state index in [-0.39, 0.29) is 11.7 Å². The highest BCUT2D eigenvalue weighted by Gasteiger charge is 2.22. The summed E-state index contributed by atoms with van der Waals surface area (Å²) in [5.74, 6) is 0.727. The molecule has 0 bridgehead atoms. The van der Waals surface area contributed by atoms with Crippen LogP contribution in [0.4, 0.5) is 5.69 Å². The molecule has 1 amide bonds. The minimum atomic E-state index is 0.0494. The Kier molecular flexibility index (Phi) is 4.95. The van der Waals surface area contributed by atoms with Gasteiger partial charge in [-0.15, -0.1) is 10.2 Å². The molecular weight excluding hydrogens is 370 g/mol. The second-order valence-corrected chi connectivity index (χ2v) is 7.31. The van der Waals surface area contributed by atoms with Crippen molar-refractivity contribution >= 4 is 35.0 Å². The number of aryl methyl sites for hydroxylation is 1. The van der Waals surface area contributed by atoms with Crippen LogP contribution in [0.2, 0.25) is 5.02 Å². The molecule has 26 heavy (non-hydrogen) atoms. The van der Waals surface area contributed by atoms with E-state index in [0.29, 0.717) is 16.1 Å². The predicted octanol–water partition coefficient (Wildman–Crippen LogP) is 4.46. The number of benzene rings is 2. The molecule has 0 atom stereocenters. The zero-order valence-corrected chi connectivity index (χ0v) is 15.5. The number of carbonyl (C=O) groups is 1. The number of carbonyl (C=O) groups excluding carboxylic acids is 1. The summed E-state index contributed by atoms with van der Waals surface area (Å²) in [5.41, 5.74) is 3.03. The number of fused-ring (bicyclic) bond motifs is 1. The summed E-state index contributed by atoms with van der Waals surface area (Å²) in [7, 11) is 0. The molecule has 0 N–H and O–H groups in total. The predicted molar refractivity (Wildman–Crippen MR) is 103 cm³/mol. The molecule has 0 unspecified atom stereocenters. The molecule has 0 saturated heterocycles. The van der Waals surface area contributed by atoms with Gasteiger partial charge in [0.15, 0.2) is 0 Å². The highest BCUT2D eigenvalue weighted by Crippen LogP contribution is 2.29. The van der Waals surface area contributed by atoms with Gasteiger partial charge in [0.05, 0.1) is 5.75 Å². The van der Waals surface area contributed by atoms with E-state index in [2.05, 4.69) is 16.3 Å². The molecular formula is C19H16ClN3O2S. The maximum Gasteiger partial charge on any atom is 0.277 e. The van der Waals surface area contributed by atoms with Crippen LogP contribution in [0, 0.1) is 0 Å². The van der Waals surface area contributed by atoms with Crippen molar-refractivity contribution < 1.29 is 9.21 Å². The van der Waals surface area contributed by atoms with Crippen LogP contribution in [0.25, 0.3) is 11.5 Å². The molecule has 0 saturated carbocycles. The van der Waals surface area contributed by atoms with E-state index in [4.69, 9.17) is 16.0 Å². The molecule has 0 spiro atoms. The molecule has 0 fully saturated rings. The fraction of sp³-hybridized carbons (Fsp3) is 0.211. The first-order valence-corrected chi connectivity index (χ1v) is 9.67. The number of amides is 1. The van der Waals surface area contributed by atoms with Crippen molar-refractivity contribution in [2.45, 2.75) is 18.1 Å². The first-order valence-electron chi connectivity index (χ1n) is 8.31. The van der Waals surface area contributed by atoms with Crippen LogP contribution < -0.4 is 4.90 Å². The number of thioether (sulfide) groups is 1. The van der Waals surface area contributed by atoms with E-state index in [9.17, 15) is 4.79 Å². The Hall–Kier alpha value is -2.31. The first kappa shape index (κ1) is 17.1. The Morgan fingerprint density at radius 2 is 1.96 bits per heavy atom. The van der Waals surface area contributed by atoms with Crippen LogP contribution in [0.5, 0.6) is 0 Å². The lowest BCUT2D eigenvalue weighted by molar-refractivity contribution is -0.116. The minimum Gasteiger partial charge on any atom is -0.411 e. The monoisotopic (exact) mass is 385 g/mol. The Bertz CT molecular complexity index is 927. The Morgan fingerprint density at radius 1 is 1.15 bits per heavy atom. The summed E-state index contributed by atoms with van der Waals surface area (Å²) in [6.45, 7) is 0.746. The fourth-order valence-corrected chi connectivity index (χ4v) is 3.74. The van der Waals surface area contributed by atoms with Gasteiger partial charge < -0.3 is 9.32 Å². The smallest absolute Gasteiger partial charge is 0.277 e. The lowest BCUT2D eigenvalue weighted by Crippen LogP contribution is -2.36. The number of rotatable bonds is 4. The maximum atomic E-state index is 12.6. The second-order valence-electron chi connectivity index (χ2n) is 5.95. The number of anilines is 1. The van der Waals surface area contributed by atoms with Crippen LogP contribution in [-0.4, -0.2) is 28.4 Å². The summed E-state index contributed by atoms with van der Waals surface area (Å²) in [4.78, 5) is 14.5. The number of para-hydroxylation sites is 1. The topological polar surface area (TPSA) is 59.2 Å². The van der Waals surface area contributed by atoms with Gasteiger partial charge in [-0.3, -0.25) is 4.79 Å². The SMILES string of the molecule is O=C(CSc1nnc(-c2ccc(Cl)cc2)o1)N1CCCc2ccccc21. The van der Waals surface area contributed by atoms with E-state index in [1.165, 1.54) is 17.3 Å². The minimum absolute atomic E-state index is 0.0494. The summed E-state index contributed by atoms with van der Waals surface area (Å²) >= 11 is 7.14. The number of aromatic nitrogens is 2. The summed E-state index contributed by atoms with van der Waals surface area (Å²) in [6.07, 6.45) is 2.00. The average molecular weight is 386 g/mol. The molecule has 1 aromatic heterocycles. The van der Waals surface area contributed by atoms with Crippen LogP contribution >= 0.6 is 23.4 Å². The zero-order chi connectivity index (χ0) is 17.9. The van der Waals surface area contributed by atoms with Gasteiger partial charge in [0.25, 0.3) is 5.22 Å². The molecule has 2 heterocycles. The normalized spacial score (nSPS) is 13.5. The van der Waals surface area contributed by atoms with Crippen LogP contribution in [0.1, 0.15) is 12.0 Å². The zero-order valence-electron chi connectivity index (χ0n) is 13.9. The fourth-order valence-electron chi connectivity index (χ4n) is 2.97. The molecule has 132 valence electrons. The lowest BCUT2D eigenvalue weighted by atomic mass is 10.0. The van der Waals surface area contributed by atoms with E-state index in [0.717, 1.165) is 30.6 Å².